The van der Waals surface area contributed by atoms with Gasteiger partial charge in [0.1, 0.15) is 0 Å². The van der Waals surface area contributed by atoms with Crippen LogP contribution in [0.4, 0.5) is 11.4 Å². The van der Waals surface area contributed by atoms with Gasteiger partial charge in [0.15, 0.2) is 0 Å². The van der Waals surface area contributed by atoms with Gasteiger partial charge in [-0.15, -0.1) is 0 Å². The number of hydrogen-bond donors (Lipinski definition) is 3. The fourth-order valence-electron chi connectivity index (χ4n) is 3.59. The van der Waals surface area contributed by atoms with Crippen LogP contribution in [0.3, 0.4) is 0 Å². The van der Waals surface area contributed by atoms with E-state index in [1.807, 2.05) is 19.9 Å². The normalized spacial score (nSPS) is 11.1. The second-order valence-electron chi connectivity index (χ2n) is 8.44. The highest BCUT2D eigenvalue weighted by atomic mass is 32.2. The molecule has 0 saturated carbocycles. The smallest absolute Gasteiger partial charge is 0.262 e. The Morgan fingerprint density at radius 1 is 0.861 bits per heavy atom. The van der Waals surface area contributed by atoms with E-state index in [1.54, 1.807) is 62.6 Å². The van der Waals surface area contributed by atoms with Crippen LogP contribution >= 0.6 is 0 Å². The molecular formula is C27H31N3O5S. The van der Waals surface area contributed by atoms with Gasteiger partial charge < -0.3 is 15.4 Å². The first-order valence-corrected chi connectivity index (χ1v) is 13.0. The zero-order valence-electron chi connectivity index (χ0n) is 20.8. The zero-order chi connectivity index (χ0) is 26.3. The topological polar surface area (TPSA) is 114 Å². The SMILES string of the molecule is COCCCNC(=O)c1ccccc1NC(=O)c1ccc(C)c(S(=O)(=O)Nc2cccc(C)c2C)c1. The predicted octanol–water partition coefficient (Wildman–Crippen LogP) is 4.43. The number of aryl methyl sites for hydroxylation is 2. The molecule has 8 nitrogen and oxygen atoms in total. The van der Waals surface area contributed by atoms with E-state index in [-0.39, 0.29) is 16.4 Å². The summed E-state index contributed by atoms with van der Waals surface area (Å²) in [5.41, 5.74) is 3.54. The molecular weight excluding hydrogens is 478 g/mol. The Labute approximate surface area is 212 Å². The highest BCUT2D eigenvalue weighted by molar-refractivity contribution is 7.92. The molecule has 0 aliphatic carbocycles. The first-order chi connectivity index (χ1) is 17.1. The number of benzene rings is 3. The summed E-state index contributed by atoms with van der Waals surface area (Å²) in [7, 11) is -2.36. The molecule has 0 spiro atoms. The third kappa shape index (κ3) is 6.50. The van der Waals surface area contributed by atoms with Crippen LogP contribution in [0.25, 0.3) is 0 Å². The van der Waals surface area contributed by atoms with Gasteiger partial charge in [-0.1, -0.05) is 30.3 Å². The number of carbonyl (C=O) groups is 2. The van der Waals surface area contributed by atoms with Gasteiger partial charge in [-0.3, -0.25) is 14.3 Å². The molecule has 0 aliphatic heterocycles. The van der Waals surface area contributed by atoms with E-state index < -0.39 is 15.9 Å². The molecule has 0 heterocycles. The molecule has 0 fully saturated rings. The minimum atomic E-state index is -3.95. The maximum Gasteiger partial charge on any atom is 0.262 e. The van der Waals surface area contributed by atoms with Crippen LogP contribution < -0.4 is 15.4 Å². The Balaban J connectivity index is 1.83. The lowest BCUT2D eigenvalue weighted by Crippen LogP contribution is -2.26. The van der Waals surface area contributed by atoms with Gasteiger partial charge in [0.05, 0.1) is 21.8 Å². The lowest BCUT2D eigenvalue weighted by atomic mass is 10.1. The number of nitrogens with one attached hydrogen (secondary N) is 3. The zero-order valence-corrected chi connectivity index (χ0v) is 21.7. The summed E-state index contributed by atoms with van der Waals surface area (Å²) < 4.78 is 34.0. The van der Waals surface area contributed by atoms with Gasteiger partial charge in [0, 0.05) is 25.8 Å². The van der Waals surface area contributed by atoms with Crippen molar-refractivity contribution in [2.75, 3.05) is 30.3 Å². The van der Waals surface area contributed by atoms with Crippen LogP contribution in [-0.2, 0) is 14.8 Å². The maximum atomic E-state index is 13.2. The number of amides is 2. The number of hydrogen-bond acceptors (Lipinski definition) is 5. The Morgan fingerprint density at radius 3 is 2.33 bits per heavy atom. The summed E-state index contributed by atoms with van der Waals surface area (Å²) in [6.45, 7) is 6.37. The number of sulfonamides is 1. The van der Waals surface area contributed by atoms with Crippen LogP contribution in [0.1, 0.15) is 43.8 Å². The number of anilines is 2. The summed E-state index contributed by atoms with van der Waals surface area (Å²) in [5.74, 6) is -0.857. The molecule has 0 bridgehead atoms. The van der Waals surface area contributed by atoms with Crippen LogP contribution in [0, 0.1) is 20.8 Å². The first-order valence-electron chi connectivity index (χ1n) is 11.5. The van der Waals surface area contributed by atoms with Crippen molar-refractivity contribution < 1.29 is 22.7 Å². The molecule has 2 amide bonds. The summed E-state index contributed by atoms with van der Waals surface area (Å²) in [6, 6.07) is 16.5. The second-order valence-corrected chi connectivity index (χ2v) is 10.1. The van der Waals surface area contributed by atoms with Crippen molar-refractivity contribution in [1.82, 2.24) is 5.32 Å². The van der Waals surface area contributed by atoms with E-state index in [0.717, 1.165) is 11.1 Å². The van der Waals surface area contributed by atoms with Crippen LogP contribution in [0.5, 0.6) is 0 Å². The summed E-state index contributed by atoms with van der Waals surface area (Å²) in [5, 5.41) is 5.53. The van der Waals surface area contributed by atoms with E-state index in [1.165, 1.54) is 6.07 Å². The molecule has 0 unspecified atom stereocenters. The minimum absolute atomic E-state index is 0.000211. The quantitative estimate of drug-likeness (QED) is 0.350. The van der Waals surface area contributed by atoms with Crippen LogP contribution in [0.15, 0.2) is 65.6 Å². The lowest BCUT2D eigenvalue weighted by Gasteiger charge is -2.15. The fourth-order valence-corrected chi connectivity index (χ4v) is 4.99. The van der Waals surface area contributed by atoms with E-state index in [2.05, 4.69) is 15.4 Å². The first kappa shape index (κ1) is 26.9. The molecule has 3 aromatic carbocycles. The molecule has 190 valence electrons. The predicted molar refractivity (Wildman–Crippen MR) is 141 cm³/mol. The summed E-state index contributed by atoms with van der Waals surface area (Å²) in [4.78, 5) is 25.7. The number of methoxy groups -OCH3 is 1. The third-order valence-corrected chi connectivity index (χ3v) is 7.33. The highest BCUT2D eigenvalue weighted by Crippen LogP contribution is 2.25. The standard InChI is InChI=1S/C27H31N3O5S/c1-18-9-7-12-23(20(18)3)30-36(33,34)25-17-21(14-13-19(25)2)26(31)29-24-11-6-5-10-22(24)27(32)28-15-8-16-35-4/h5-7,9-14,17,30H,8,15-16H2,1-4H3,(H,28,32)(H,29,31). The third-order valence-electron chi connectivity index (χ3n) is 5.82. The van der Waals surface area contributed by atoms with E-state index >= 15 is 0 Å². The molecule has 3 rings (SSSR count). The average Bonchev–Trinajstić information content (AvgIpc) is 2.85. The number of carbonyl (C=O) groups excluding carboxylic acids is 2. The second kappa shape index (κ2) is 11.8. The highest BCUT2D eigenvalue weighted by Gasteiger charge is 2.21. The largest absolute Gasteiger partial charge is 0.385 e. The lowest BCUT2D eigenvalue weighted by molar-refractivity contribution is 0.0949. The average molecular weight is 510 g/mol. The van der Waals surface area contributed by atoms with Gasteiger partial charge in [0.25, 0.3) is 21.8 Å². The molecule has 36 heavy (non-hydrogen) atoms. The monoisotopic (exact) mass is 509 g/mol. The van der Waals surface area contributed by atoms with Gasteiger partial charge >= 0.3 is 0 Å². The Morgan fingerprint density at radius 2 is 1.58 bits per heavy atom. The molecule has 0 radical (unpaired) electrons. The fraction of sp³-hybridized carbons (Fsp3) is 0.259. The number of rotatable bonds is 10. The Bertz CT molecular complexity index is 1370. The molecule has 9 heteroatoms. The van der Waals surface area contributed by atoms with Crippen LogP contribution in [0.2, 0.25) is 0 Å². The van der Waals surface area contributed by atoms with Gasteiger partial charge in [0.2, 0.25) is 0 Å². The number of ether oxygens (including phenoxy) is 1. The van der Waals surface area contributed by atoms with Gasteiger partial charge in [-0.2, -0.15) is 0 Å². The molecule has 0 aliphatic rings. The van der Waals surface area contributed by atoms with Crippen molar-refractivity contribution in [3.8, 4) is 0 Å². The molecule has 0 aromatic heterocycles. The summed E-state index contributed by atoms with van der Waals surface area (Å²) in [6.07, 6.45) is 0.660. The number of para-hydroxylation sites is 1. The van der Waals surface area contributed by atoms with Crippen molar-refractivity contribution in [2.45, 2.75) is 32.1 Å². The van der Waals surface area contributed by atoms with Crippen molar-refractivity contribution in [1.29, 1.82) is 0 Å². The van der Waals surface area contributed by atoms with E-state index in [4.69, 9.17) is 4.74 Å². The van der Waals surface area contributed by atoms with E-state index in [0.29, 0.717) is 42.1 Å². The van der Waals surface area contributed by atoms with Crippen molar-refractivity contribution in [2.24, 2.45) is 0 Å². The van der Waals surface area contributed by atoms with E-state index in [9.17, 15) is 18.0 Å². The minimum Gasteiger partial charge on any atom is -0.385 e. The van der Waals surface area contributed by atoms with Crippen molar-refractivity contribution in [3.05, 3.63) is 88.5 Å². The molecule has 3 aromatic rings. The molecule has 0 saturated heterocycles. The van der Waals surface area contributed by atoms with Gasteiger partial charge in [-0.25, -0.2) is 8.42 Å². The maximum absolute atomic E-state index is 13.2. The Kier molecular flexibility index (Phi) is 8.84. The van der Waals surface area contributed by atoms with Gasteiger partial charge in [-0.05, 0) is 74.2 Å². The molecule has 3 N–H and O–H groups in total. The van der Waals surface area contributed by atoms with Crippen molar-refractivity contribution in [3.63, 3.8) is 0 Å². The Hall–Kier alpha value is -3.69. The van der Waals surface area contributed by atoms with Crippen molar-refractivity contribution >= 4 is 33.2 Å². The summed E-state index contributed by atoms with van der Waals surface area (Å²) >= 11 is 0. The molecule has 0 atom stereocenters. The van der Waals surface area contributed by atoms with Crippen LogP contribution in [-0.4, -0.2) is 40.5 Å².